The van der Waals surface area contributed by atoms with Crippen molar-refractivity contribution in [3.8, 4) is 5.69 Å². The topological polar surface area (TPSA) is 46.8 Å². The van der Waals surface area contributed by atoms with Gasteiger partial charge in [0, 0.05) is 12.6 Å². The molecule has 3 heterocycles. The van der Waals surface area contributed by atoms with Crippen LogP contribution in [0.5, 0.6) is 0 Å². The summed E-state index contributed by atoms with van der Waals surface area (Å²) in [5.74, 6) is 0.598. The molecule has 0 spiro atoms. The molecule has 4 rings (SSSR count). The van der Waals surface area contributed by atoms with E-state index in [-0.39, 0.29) is 5.82 Å². The third-order valence-electron chi connectivity index (χ3n) is 4.80. The van der Waals surface area contributed by atoms with Crippen molar-refractivity contribution in [2.24, 2.45) is 0 Å². The van der Waals surface area contributed by atoms with E-state index in [0.717, 1.165) is 24.2 Å². The van der Waals surface area contributed by atoms with Crippen LogP contribution in [0.15, 0.2) is 36.8 Å². The Labute approximate surface area is 140 Å². The highest BCUT2D eigenvalue weighted by molar-refractivity contribution is 5.87. The molecule has 1 saturated heterocycles. The van der Waals surface area contributed by atoms with Gasteiger partial charge in [-0.1, -0.05) is 19.1 Å². The summed E-state index contributed by atoms with van der Waals surface area (Å²) in [7, 11) is 0. The first kappa shape index (κ1) is 15.1. The molecule has 1 aromatic carbocycles. The van der Waals surface area contributed by atoms with Crippen LogP contribution in [0.2, 0.25) is 0 Å². The average Bonchev–Trinajstić information content (AvgIpc) is 3.06. The van der Waals surface area contributed by atoms with Crippen LogP contribution in [0.3, 0.4) is 0 Å². The molecule has 24 heavy (non-hydrogen) atoms. The number of anilines is 1. The lowest BCUT2D eigenvalue weighted by atomic mass is 10.00. The van der Waals surface area contributed by atoms with Crippen molar-refractivity contribution in [2.75, 3.05) is 11.4 Å². The summed E-state index contributed by atoms with van der Waals surface area (Å²) in [6, 6.07) is 7.10. The quantitative estimate of drug-likeness (QED) is 0.736. The number of aromatic nitrogens is 4. The standard InChI is InChI=1S/C18H20FN5/c1-2-13-7-5-6-10-23(13)17-14-11-22-24(18(14)21-12-20-17)16-9-4-3-8-15(16)19/h3-4,8-9,11-13H,2,5-7,10H2,1H3. The van der Waals surface area contributed by atoms with E-state index in [1.807, 2.05) is 0 Å². The van der Waals surface area contributed by atoms with Crippen LogP contribution in [0, 0.1) is 5.82 Å². The first-order valence-corrected chi connectivity index (χ1v) is 8.50. The van der Waals surface area contributed by atoms with Gasteiger partial charge in [-0.2, -0.15) is 5.10 Å². The van der Waals surface area contributed by atoms with Gasteiger partial charge in [0.25, 0.3) is 0 Å². The highest BCUT2D eigenvalue weighted by atomic mass is 19.1. The van der Waals surface area contributed by atoms with Crippen LogP contribution < -0.4 is 4.90 Å². The number of piperidine rings is 1. The highest BCUT2D eigenvalue weighted by Crippen LogP contribution is 2.30. The Bertz CT molecular complexity index is 859. The molecular weight excluding hydrogens is 305 g/mol. The van der Waals surface area contributed by atoms with Crippen LogP contribution in [-0.2, 0) is 0 Å². The minimum atomic E-state index is -0.313. The molecule has 3 aromatic rings. The van der Waals surface area contributed by atoms with Crippen molar-refractivity contribution in [1.29, 1.82) is 0 Å². The molecule has 1 aliphatic heterocycles. The summed E-state index contributed by atoms with van der Waals surface area (Å²) < 4.78 is 15.7. The maximum Gasteiger partial charge on any atom is 0.168 e. The first-order valence-electron chi connectivity index (χ1n) is 8.50. The maximum atomic E-state index is 14.1. The highest BCUT2D eigenvalue weighted by Gasteiger charge is 2.25. The minimum Gasteiger partial charge on any atom is -0.353 e. The van der Waals surface area contributed by atoms with Crippen LogP contribution in [0.25, 0.3) is 16.7 Å². The van der Waals surface area contributed by atoms with Gasteiger partial charge in [-0.3, -0.25) is 0 Å². The monoisotopic (exact) mass is 325 g/mol. The fourth-order valence-electron chi connectivity index (χ4n) is 3.56. The second-order valence-corrected chi connectivity index (χ2v) is 6.19. The van der Waals surface area contributed by atoms with Crippen molar-refractivity contribution in [3.05, 3.63) is 42.6 Å². The van der Waals surface area contributed by atoms with E-state index in [1.165, 1.54) is 25.3 Å². The second kappa shape index (κ2) is 6.19. The molecule has 5 nitrogen and oxygen atoms in total. The molecule has 0 amide bonds. The number of para-hydroxylation sites is 1. The fraction of sp³-hybridized carbons (Fsp3) is 0.389. The zero-order valence-corrected chi connectivity index (χ0v) is 13.7. The van der Waals surface area contributed by atoms with E-state index in [4.69, 9.17) is 0 Å². The number of benzene rings is 1. The van der Waals surface area contributed by atoms with Crippen molar-refractivity contribution in [2.45, 2.75) is 38.6 Å². The largest absolute Gasteiger partial charge is 0.353 e. The molecule has 1 atom stereocenters. The first-order chi connectivity index (χ1) is 11.8. The van der Waals surface area contributed by atoms with E-state index >= 15 is 0 Å². The minimum absolute atomic E-state index is 0.313. The Hall–Kier alpha value is -2.50. The van der Waals surface area contributed by atoms with Gasteiger partial charge in [0.15, 0.2) is 5.65 Å². The summed E-state index contributed by atoms with van der Waals surface area (Å²) in [6.45, 7) is 3.21. The summed E-state index contributed by atoms with van der Waals surface area (Å²) in [5.41, 5.74) is 1.05. The van der Waals surface area contributed by atoms with Gasteiger partial charge < -0.3 is 4.90 Å². The Kier molecular flexibility index (Phi) is 3.88. The van der Waals surface area contributed by atoms with Crippen molar-refractivity contribution >= 4 is 16.9 Å². The van der Waals surface area contributed by atoms with E-state index in [2.05, 4.69) is 26.9 Å². The summed E-state index contributed by atoms with van der Waals surface area (Å²) in [5, 5.41) is 5.26. The number of fused-ring (bicyclic) bond motifs is 1. The Morgan fingerprint density at radius 1 is 1.21 bits per heavy atom. The molecular formula is C18H20FN5. The number of hydrogen-bond donors (Lipinski definition) is 0. The Morgan fingerprint density at radius 3 is 2.92 bits per heavy atom. The third-order valence-corrected chi connectivity index (χ3v) is 4.80. The maximum absolute atomic E-state index is 14.1. The van der Waals surface area contributed by atoms with Gasteiger partial charge in [0.05, 0.1) is 11.6 Å². The Morgan fingerprint density at radius 2 is 2.08 bits per heavy atom. The fourth-order valence-corrected chi connectivity index (χ4v) is 3.56. The molecule has 0 bridgehead atoms. The van der Waals surface area contributed by atoms with E-state index in [9.17, 15) is 4.39 Å². The molecule has 0 aliphatic carbocycles. The summed E-state index contributed by atoms with van der Waals surface area (Å²) in [4.78, 5) is 11.2. The summed E-state index contributed by atoms with van der Waals surface area (Å²) in [6.07, 6.45) is 8.01. The van der Waals surface area contributed by atoms with Gasteiger partial charge >= 0.3 is 0 Å². The number of rotatable bonds is 3. The summed E-state index contributed by atoms with van der Waals surface area (Å²) >= 11 is 0. The average molecular weight is 325 g/mol. The number of hydrogen-bond acceptors (Lipinski definition) is 4. The SMILES string of the molecule is CCC1CCCCN1c1ncnc2c1cnn2-c1ccccc1F. The van der Waals surface area contributed by atoms with Crippen molar-refractivity contribution in [1.82, 2.24) is 19.7 Å². The van der Waals surface area contributed by atoms with Gasteiger partial charge in [-0.15, -0.1) is 0 Å². The van der Waals surface area contributed by atoms with Gasteiger partial charge in [-0.25, -0.2) is 19.0 Å². The number of halogens is 1. The van der Waals surface area contributed by atoms with Crippen LogP contribution in [-0.4, -0.2) is 32.3 Å². The van der Waals surface area contributed by atoms with Gasteiger partial charge in [0.2, 0.25) is 0 Å². The normalized spacial score (nSPS) is 18.2. The van der Waals surface area contributed by atoms with E-state index < -0.39 is 0 Å². The lowest BCUT2D eigenvalue weighted by Crippen LogP contribution is -2.39. The van der Waals surface area contributed by atoms with Crippen molar-refractivity contribution < 1.29 is 4.39 Å². The molecule has 1 fully saturated rings. The zero-order chi connectivity index (χ0) is 16.5. The number of nitrogens with zero attached hydrogens (tertiary/aromatic N) is 5. The molecule has 6 heteroatoms. The lowest BCUT2D eigenvalue weighted by Gasteiger charge is -2.36. The molecule has 2 aromatic heterocycles. The van der Waals surface area contributed by atoms with Crippen LogP contribution in [0.1, 0.15) is 32.6 Å². The molecule has 124 valence electrons. The molecule has 0 saturated carbocycles. The third kappa shape index (κ3) is 2.42. The zero-order valence-electron chi connectivity index (χ0n) is 13.7. The van der Waals surface area contributed by atoms with E-state index in [1.54, 1.807) is 35.4 Å². The van der Waals surface area contributed by atoms with E-state index in [0.29, 0.717) is 17.4 Å². The van der Waals surface area contributed by atoms with Crippen molar-refractivity contribution in [3.63, 3.8) is 0 Å². The molecule has 0 N–H and O–H groups in total. The molecule has 1 unspecified atom stereocenters. The molecule has 0 radical (unpaired) electrons. The second-order valence-electron chi connectivity index (χ2n) is 6.19. The molecule has 1 aliphatic rings. The predicted molar refractivity (Wildman–Crippen MR) is 91.9 cm³/mol. The van der Waals surface area contributed by atoms with Crippen LogP contribution in [0.4, 0.5) is 10.2 Å². The Balaban J connectivity index is 1.84. The van der Waals surface area contributed by atoms with Crippen LogP contribution >= 0.6 is 0 Å². The van der Waals surface area contributed by atoms with Gasteiger partial charge in [-0.05, 0) is 37.8 Å². The predicted octanol–water partition coefficient (Wildman–Crippen LogP) is 3.72. The van der Waals surface area contributed by atoms with Gasteiger partial charge in [0.1, 0.15) is 23.6 Å². The lowest BCUT2D eigenvalue weighted by molar-refractivity contribution is 0.448. The smallest absolute Gasteiger partial charge is 0.168 e.